The van der Waals surface area contributed by atoms with Crippen LogP contribution >= 0.6 is 0 Å². The molecule has 0 bridgehead atoms. The summed E-state index contributed by atoms with van der Waals surface area (Å²) in [6.45, 7) is 4.06. The minimum Gasteiger partial charge on any atom is -0.396 e. The first-order chi connectivity index (χ1) is 8.38. The topological polar surface area (TPSA) is 61.3 Å². The van der Waals surface area contributed by atoms with Crippen molar-refractivity contribution in [2.75, 3.05) is 31.1 Å². The van der Waals surface area contributed by atoms with E-state index in [0.29, 0.717) is 5.92 Å². The highest BCUT2D eigenvalue weighted by Crippen LogP contribution is 2.27. The largest absolute Gasteiger partial charge is 0.396 e. The lowest BCUT2D eigenvalue weighted by atomic mass is 10.1. The lowest BCUT2D eigenvalue weighted by Crippen LogP contribution is -2.29. The summed E-state index contributed by atoms with van der Waals surface area (Å²) >= 11 is 0. The van der Waals surface area contributed by atoms with Gasteiger partial charge in [0.25, 0.3) is 0 Å². The van der Waals surface area contributed by atoms with Gasteiger partial charge in [0.15, 0.2) is 0 Å². The van der Waals surface area contributed by atoms with E-state index in [0.717, 1.165) is 50.5 Å². The average molecular weight is 234 g/mol. The van der Waals surface area contributed by atoms with Gasteiger partial charge in [-0.1, -0.05) is 0 Å². The lowest BCUT2D eigenvalue weighted by Gasteiger charge is -2.24. The molecule has 2 aliphatic rings. The van der Waals surface area contributed by atoms with Crippen molar-refractivity contribution in [1.82, 2.24) is 15.3 Å². The zero-order chi connectivity index (χ0) is 11.7. The molecule has 3 heterocycles. The molecule has 3 rings (SSSR count). The zero-order valence-electron chi connectivity index (χ0n) is 9.89. The Labute approximate surface area is 101 Å². The van der Waals surface area contributed by atoms with Gasteiger partial charge < -0.3 is 15.3 Å². The van der Waals surface area contributed by atoms with Crippen molar-refractivity contribution in [1.29, 1.82) is 0 Å². The smallest absolute Gasteiger partial charge is 0.135 e. The minimum absolute atomic E-state index is 0.283. The van der Waals surface area contributed by atoms with Crippen molar-refractivity contribution in [3.05, 3.63) is 17.6 Å². The highest BCUT2D eigenvalue weighted by Gasteiger charge is 2.26. The molecule has 0 aromatic carbocycles. The quantitative estimate of drug-likeness (QED) is 0.751. The number of nitrogens with zero attached hydrogens (tertiary/aromatic N) is 3. The van der Waals surface area contributed by atoms with E-state index in [-0.39, 0.29) is 6.61 Å². The van der Waals surface area contributed by atoms with Crippen molar-refractivity contribution in [2.24, 2.45) is 5.92 Å². The Morgan fingerprint density at radius 1 is 1.47 bits per heavy atom. The SMILES string of the molecule is OCC1CCN(c2ncnc3c2CCNC3)C1. The summed E-state index contributed by atoms with van der Waals surface area (Å²) in [7, 11) is 0. The molecule has 1 fully saturated rings. The van der Waals surface area contributed by atoms with Gasteiger partial charge in [0.2, 0.25) is 0 Å². The zero-order valence-corrected chi connectivity index (χ0v) is 9.89. The van der Waals surface area contributed by atoms with Crippen LogP contribution in [0.3, 0.4) is 0 Å². The molecule has 5 heteroatoms. The van der Waals surface area contributed by atoms with E-state index in [2.05, 4.69) is 20.2 Å². The molecule has 2 aliphatic heterocycles. The monoisotopic (exact) mass is 234 g/mol. The number of anilines is 1. The Balaban J connectivity index is 1.88. The van der Waals surface area contributed by atoms with Crippen LogP contribution in [0.1, 0.15) is 17.7 Å². The standard InChI is InChI=1S/C12H18N4O/c17-7-9-2-4-16(6-9)12-10-1-3-13-5-11(10)14-8-15-12/h8-9,13,17H,1-7H2. The van der Waals surface area contributed by atoms with Gasteiger partial charge in [-0.15, -0.1) is 0 Å². The molecule has 0 spiro atoms. The summed E-state index contributed by atoms with van der Waals surface area (Å²) in [6, 6.07) is 0. The predicted molar refractivity (Wildman–Crippen MR) is 64.8 cm³/mol. The van der Waals surface area contributed by atoms with Gasteiger partial charge in [-0.2, -0.15) is 0 Å². The van der Waals surface area contributed by atoms with Crippen LogP contribution in [0.25, 0.3) is 0 Å². The summed E-state index contributed by atoms with van der Waals surface area (Å²) < 4.78 is 0. The Morgan fingerprint density at radius 3 is 3.24 bits per heavy atom. The summed E-state index contributed by atoms with van der Waals surface area (Å²) in [4.78, 5) is 11.1. The maximum Gasteiger partial charge on any atom is 0.135 e. The Kier molecular flexibility index (Phi) is 2.94. The van der Waals surface area contributed by atoms with E-state index in [4.69, 9.17) is 0 Å². The van der Waals surface area contributed by atoms with Crippen LogP contribution in [-0.4, -0.2) is 41.3 Å². The molecule has 0 radical (unpaired) electrons. The van der Waals surface area contributed by atoms with Crippen LogP contribution in [-0.2, 0) is 13.0 Å². The summed E-state index contributed by atoms with van der Waals surface area (Å²) in [5.74, 6) is 1.50. The number of fused-ring (bicyclic) bond motifs is 1. The third kappa shape index (κ3) is 2.00. The van der Waals surface area contributed by atoms with Crippen molar-refractivity contribution in [2.45, 2.75) is 19.4 Å². The molecule has 1 aromatic rings. The van der Waals surface area contributed by atoms with Gasteiger partial charge in [0, 0.05) is 37.7 Å². The molecular formula is C12H18N4O. The molecule has 92 valence electrons. The number of rotatable bonds is 2. The Bertz CT molecular complexity index is 409. The maximum absolute atomic E-state index is 9.20. The number of hydrogen-bond donors (Lipinski definition) is 2. The molecule has 1 aromatic heterocycles. The number of nitrogens with one attached hydrogen (secondary N) is 1. The summed E-state index contributed by atoms with van der Waals surface area (Å²) in [6.07, 6.45) is 3.73. The highest BCUT2D eigenvalue weighted by atomic mass is 16.3. The van der Waals surface area contributed by atoms with Crippen LogP contribution in [0.15, 0.2) is 6.33 Å². The fourth-order valence-electron chi connectivity index (χ4n) is 2.71. The van der Waals surface area contributed by atoms with E-state index >= 15 is 0 Å². The molecule has 1 atom stereocenters. The minimum atomic E-state index is 0.283. The normalized spacial score (nSPS) is 23.8. The van der Waals surface area contributed by atoms with Gasteiger partial charge in [-0.3, -0.25) is 0 Å². The van der Waals surface area contributed by atoms with E-state index in [1.807, 2.05) is 0 Å². The molecular weight excluding hydrogens is 216 g/mol. The first-order valence-corrected chi connectivity index (χ1v) is 6.27. The second-order valence-corrected chi connectivity index (χ2v) is 4.83. The number of aromatic nitrogens is 2. The first-order valence-electron chi connectivity index (χ1n) is 6.27. The molecule has 0 amide bonds. The van der Waals surface area contributed by atoms with Gasteiger partial charge in [0.05, 0.1) is 5.69 Å². The van der Waals surface area contributed by atoms with Gasteiger partial charge >= 0.3 is 0 Å². The number of aliphatic hydroxyl groups is 1. The van der Waals surface area contributed by atoms with Gasteiger partial charge in [-0.05, 0) is 19.4 Å². The van der Waals surface area contributed by atoms with Crippen molar-refractivity contribution in [3.8, 4) is 0 Å². The Hall–Kier alpha value is -1.20. The summed E-state index contributed by atoms with van der Waals surface area (Å²) in [5.41, 5.74) is 2.43. The molecule has 17 heavy (non-hydrogen) atoms. The second-order valence-electron chi connectivity index (χ2n) is 4.83. The van der Waals surface area contributed by atoms with Crippen LogP contribution < -0.4 is 10.2 Å². The molecule has 0 aliphatic carbocycles. The van der Waals surface area contributed by atoms with E-state index in [1.165, 1.54) is 5.56 Å². The van der Waals surface area contributed by atoms with E-state index in [1.54, 1.807) is 6.33 Å². The predicted octanol–water partition coefficient (Wildman–Crippen LogP) is -0.0591. The molecule has 0 saturated carbocycles. The van der Waals surface area contributed by atoms with Gasteiger partial charge in [0.1, 0.15) is 12.1 Å². The fourth-order valence-corrected chi connectivity index (χ4v) is 2.71. The fraction of sp³-hybridized carbons (Fsp3) is 0.667. The molecule has 1 saturated heterocycles. The van der Waals surface area contributed by atoms with Crippen molar-refractivity contribution in [3.63, 3.8) is 0 Å². The average Bonchev–Trinajstić information content (AvgIpc) is 2.87. The molecule has 1 unspecified atom stereocenters. The number of hydrogen-bond acceptors (Lipinski definition) is 5. The van der Waals surface area contributed by atoms with Crippen LogP contribution in [0.4, 0.5) is 5.82 Å². The van der Waals surface area contributed by atoms with E-state index < -0.39 is 0 Å². The first kappa shape index (κ1) is 10.9. The van der Waals surface area contributed by atoms with Crippen LogP contribution in [0.2, 0.25) is 0 Å². The number of aliphatic hydroxyl groups excluding tert-OH is 1. The maximum atomic E-state index is 9.20. The third-order valence-electron chi connectivity index (χ3n) is 3.70. The molecule has 2 N–H and O–H groups in total. The third-order valence-corrected chi connectivity index (χ3v) is 3.70. The lowest BCUT2D eigenvalue weighted by molar-refractivity contribution is 0.238. The van der Waals surface area contributed by atoms with Crippen LogP contribution in [0.5, 0.6) is 0 Å². The van der Waals surface area contributed by atoms with Crippen molar-refractivity contribution >= 4 is 5.82 Å². The summed E-state index contributed by atoms with van der Waals surface area (Å²) in [5, 5.41) is 12.5. The van der Waals surface area contributed by atoms with E-state index in [9.17, 15) is 5.11 Å². The van der Waals surface area contributed by atoms with Crippen LogP contribution in [0, 0.1) is 5.92 Å². The van der Waals surface area contributed by atoms with Crippen molar-refractivity contribution < 1.29 is 5.11 Å². The second kappa shape index (κ2) is 4.58. The van der Waals surface area contributed by atoms with Gasteiger partial charge in [-0.25, -0.2) is 9.97 Å². The highest BCUT2D eigenvalue weighted by molar-refractivity contribution is 5.50. The molecule has 5 nitrogen and oxygen atoms in total. The Morgan fingerprint density at radius 2 is 2.41 bits per heavy atom.